The van der Waals surface area contributed by atoms with Gasteiger partial charge in [-0.3, -0.25) is 9.59 Å². The van der Waals surface area contributed by atoms with E-state index in [0.29, 0.717) is 13.1 Å². The Bertz CT molecular complexity index is 913. The number of anilines is 2. The largest absolute Gasteiger partial charge is 0.416 e. The maximum Gasteiger partial charge on any atom is 0.416 e. The first-order valence-corrected chi connectivity index (χ1v) is 10.4. The number of carbonyl (C=O) groups excluding carboxylic acids is 2. The SMILES string of the molecule is CCCN(CCC)C(=O)C(CO)NC(=O)c1ccccc1Nc1cccc(C(F)(F)F)c1. The van der Waals surface area contributed by atoms with Crippen molar-refractivity contribution in [2.45, 2.75) is 38.9 Å². The lowest BCUT2D eigenvalue weighted by atomic mass is 10.1. The van der Waals surface area contributed by atoms with Crippen molar-refractivity contribution >= 4 is 23.2 Å². The maximum atomic E-state index is 13.0. The molecule has 1 atom stereocenters. The maximum absolute atomic E-state index is 13.0. The highest BCUT2D eigenvalue weighted by atomic mass is 19.4. The lowest BCUT2D eigenvalue weighted by Gasteiger charge is -2.26. The summed E-state index contributed by atoms with van der Waals surface area (Å²) in [6.45, 7) is 4.30. The molecule has 9 heteroatoms. The summed E-state index contributed by atoms with van der Waals surface area (Å²) in [7, 11) is 0. The first kappa shape index (κ1) is 25.2. The summed E-state index contributed by atoms with van der Waals surface area (Å²) in [5.74, 6) is -1.01. The third-order valence-corrected chi connectivity index (χ3v) is 4.73. The summed E-state index contributed by atoms with van der Waals surface area (Å²) in [6.07, 6.45) is -3.02. The van der Waals surface area contributed by atoms with Gasteiger partial charge in [-0.05, 0) is 43.2 Å². The van der Waals surface area contributed by atoms with Gasteiger partial charge in [0.1, 0.15) is 6.04 Å². The summed E-state index contributed by atoms with van der Waals surface area (Å²) in [5.41, 5.74) is -0.254. The van der Waals surface area contributed by atoms with Gasteiger partial charge in [-0.1, -0.05) is 32.0 Å². The Labute approximate surface area is 185 Å². The van der Waals surface area contributed by atoms with Crippen LogP contribution in [-0.2, 0) is 11.0 Å². The summed E-state index contributed by atoms with van der Waals surface area (Å²) in [6, 6.07) is 9.77. The molecule has 0 fully saturated rings. The number of rotatable bonds is 10. The zero-order valence-electron chi connectivity index (χ0n) is 18.1. The molecule has 0 heterocycles. The Morgan fingerprint density at radius 1 is 1.03 bits per heavy atom. The fourth-order valence-corrected chi connectivity index (χ4v) is 3.23. The van der Waals surface area contributed by atoms with Crippen LogP contribution < -0.4 is 10.6 Å². The molecule has 2 amide bonds. The van der Waals surface area contributed by atoms with Crippen LogP contribution in [0.5, 0.6) is 0 Å². The Morgan fingerprint density at radius 2 is 1.69 bits per heavy atom. The minimum atomic E-state index is -4.49. The number of aliphatic hydroxyl groups excluding tert-OH is 1. The Morgan fingerprint density at radius 3 is 2.28 bits per heavy atom. The normalized spacial score (nSPS) is 12.2. The molecule has 0 aromatic heterocycles. The van der Waals surface area contributed by atoms with Crippen LogP contribution >= 0.6 is 0 Å². The van der Waals surface area contributed by atoms with Gasteiger partial charge < -0.3 is 20.6 Å². The van der Waals surface area contributed by atoms with E-state index in [0.717, 1.165) is 25.0 Å². The number of nitrogens with zero attached hydrogens (tertiary/aromatic N) is 1. The minimum absolute atomic E-state index is 0.133. The fraction of sp³-hybridized carbons (Fsp3) is 0.391. The van der Waals surface area contributed by atoms with Crippen molar-refractivity contribution in [3.05, 3.63) is 59.7 Å². The zero-order valence-corrected chi connectivity index (χ0v) is 18.1. The van der Waals surface area contributed by atoms with E-state index < -0.39 is 30.3 Å². The van der Waals surface area contributed by atoms with Crippen molar-refractivity contribution in [1.82, 2.24) is 10.2 Å². The van der Waals surface area contributed by atoms with Crippen molar-refractivity contribution in [2.24, 2.45) is 0 Å². The van der Waals surface area contributed by atoms with Crippen LogP contribution in [0.2, 0.25) is 0 Å². The number of amides is 2. The molecule has 0 aliphatic rings. The average Bonchev–Trinajstić information content (AvgIpc) is 2.76. The van der Waals surface area contributed by atoms with Crippen LogP contribution in [0.3, 0.4) is 0 Å². The molecule has 174 valence electrons. The molecule has 2 rings (SSSR count). The van der Waals surface area contributed by atoms with Crippen LogP contribution in [-0.4, -0.2) is 47.6 Å². The summed E-state index contributed by atoms with van der Waals surface area (Å²) >= 11 is 0. The first-order valence-electron chi connectivity index (χ1n) is 10.4. The smallest absolute Gasteiger partial charge is 0.394 e. The standard InChI is InChI=1S/C23H28F3N3O3/c1-3-12-29(13-4-2)22(32)20(15-30)28-21(31)18-10-5-6-11-19(18)27-17-9-7-8-16(14-17)23(24,25)26/h5-11,14,20,27,30H,3-4,12-13,15H2,1-2H3,(H,28,31). The van der Waals surface area contributed by atoms with Crippen LogP contribution in [0.4, 0.5) is 24.5 Å². The Balaban J connectivity index is 2.22. The van der Waals surface area contributed by atoms with E-state index in [2.05, 4.69) is 10.6 Å². The molecule has 0 spiro atoms. The quantitative estimate of drug-likeness (QED) is 0.506. The van der Waals surface area contributed by atoms with Gasteiger partial charge in [-0.15, -0.1) is 0 Å². The van der Waals surface area contributed by atoms with Gasteiger partial charge in [0.2, 0.25) is 5.91 Å². The highest BCUT2D eigenvalue weighted by Crippen LogP contribution is 2.31. The first-order chi connectivity index (χ1) is 15.2. The number of halogens is 3. The molecule has 0 aliphatic heterocycles. The van der Waals surface area contributed by atoms with Crippen LogP contribution in [0.15, 0.2) is 48.5 Å². The topological polar surface area (TPSA) is 81.7 Å². The third kappa shape index (κ3) is 6.71. The minimum Gasteiger partial charge on any atom is -0.394 e. The molecule has 1 unspecified atom stereocenters. The highest BCUT2D eigenvalue weighted by Gasteiger charge is 2.30. The van der Waals surface area contributed by atoms with Gasteiger partial charge in [0.25, 0.3) is 5.91 Å². The molecule has 2 aromatic carbocycles. The Hall–Kier alpha value is -3.07. The molecule has 2 aromatic rings. The van der Waals surface area contributed by atoms with Crippen LogP contribution in [0, 0.1) is 0 Å². The molecule has 0 radical (unpaired) electrons. The lowest BCUT2D eigenvalue weighted by Crippen LogP contribution is -2.51. The highest BCUT2D eigenvalue weighted by molar-refractivity contribution is 6.02. The van der Waals surface area contributed by atoms with Crippen molar-refractivity contribution in [3.63, 3.8) is 0 Å². The van der Waals surface area contributed by atoms with E-state index in [1.54, 1.807) is 23.1 Å². The molecule has 0 saturated heterocycles. The van der Waals surface area contributed by atoms with Gasteiger partial charge in [0, 0.05) is 18.8 Å². The van der Waals surface area contributed by atoms with Crippen molar-refractivity contribution < 1.29 is 27.9 Å². The van der Waals surface area contributed by atoms with Gasteiger partial charge in [-0.2, -0.15) is 13.2 Å². The monoisotopic (exact) mass is 451 g/mol. The molecular formula is C23H28F3N3O3. The summed E-state index contributed by atoms with van der Waals surface area (Å²) in [5, 5.41) is 15.1. The lowest BCUT2D eigenvalue weighted by molar-refractivity contribution is -0.137. The molecule has 3 N–H and O–H groups in total. The third-order valence-electron chi connectivity index (χ3n) is 4.73. The van der Waals surface area contributed by atoms with Crippen LogP contribution in [0.1, 0.15) is 42.6 Å². The van der Waals surface area contributed by atoms with E-state index in [4.69, 9.17) is 0 Å². The van der Waals surface area contributed by atoms with Gasteiger partial charge >= 0.3 is 6.18 Å². The second-order valence-corrected chi connectivity index (χ2v) is 7.28. The van der Waals surface area contributed by atoms with Gasteiger partial charge in [0.15, 0.2) is 0 Å². The second kappa shape index (κ2) is 11.5. The fourth-order valence-electron chi connectivity index (χ4n) is 3.23. The number of hydrogen-bond donors (Lipinski definition) is 3. The van der Waals surface area contributed by atoms with E-state index in [9.17, 15) is 27.9 Å². The van der Waals surface area contributed by atoms with E-state index in [1.165, 1.54) is 18.2 Å². The number of hydrogen-bond acceptors (Lipinski definition) is 4. The molecule has 32 heavy (non-hydrogen) atoms. The van der Waals surface area contributed by atoms with Crippen molar-refractivity contribution in [3.8, 4) is 0 Å². The van der Waals surface area contributed by atoms with Crippen molar-refractivity contribution in [2.75, 3.05) is 25.0 Å². The number of carbonyl (C=O) groups is 2. The van der Waals surface area contributed by atoms with Gasteiger partial charge in [0.05, 0.1) is 23.4 Å². The second-order valence-electron chi connectivity index (χ2n) is 7.28. The number of alkyl halides is 3. The molecule has 0 aliphatic carbocycles. The molecule has 0 saturated carbocycles. The van der Waals surface area contributed by atoms with E-state index >= 15 is 0 Å². The number of aliphatic hydroxyl groups is 1. The van der Waals surface area contributed by atoms with E-state index in [1.807, 2.05) is 13.8 Å². The summed E-state index contributed by atoms with van der Waals surface area (Å²) < 4.78 is 39.0. The van der Waals surface area contributed by atoms with Gasteiger partial charge in [-0.25, -0.2) is 0 Å². The number of benzene rings is 2. The zero-order chi connectivity index (χ0) is 23.7. The van der Waals surface area contributed by atoms with Crippen molar-refractivity contribution in [1.29, 1.82) is 0 Å². The average molecular weight is 451 g/mol. The number of para-hydroxylation sites is 1. The predicted molar refractivity (Wildman–Crippen MR) is 117 cm³/mol. The predicted octanol–water partition coefficient (Wildman–Crippen LogP) is 4.19. The van der Waals surface area contributed by atoms with Crippen LogP contribution in [0.25, 0.3) is 0 Å². The molecule has 0 bridgehead atoms. The molecular weight excluding hydrogens is 423 g/mol. The molecule has 6 nitrogen and oxygen atoms in total. The van der Waals surface area contributed by atoms with E-state index in [-0.39, 0.29) is 22.8 Å². The summed E-state index contributed by atoms with van der Waals surface area (Å²) in [4.78, 5) is 27.2. The Kier molecular flexibility index (Phi) is 9.07. The number of nitrogens with one attached hydrogen (secondary N) is 2.